The number of hydrogen-bond acceptors (Lipinski definition) is 3. The third-order valence-electron chi connectivity index (χ3n) is 1.67. The lowest BCUT2D eigenvalue weighted by Gasteiger charge is -2.05. The average molecular weight is 176 g/mol. The van der Waals surface area contributed by atoms with E-state index in [0.717, 1.165) is 5.69 Å². The van der Waals surface area contributed by atoms with Crippen molar-refractivity contribution >= 4 is 0 Å². The molecule has 0 fully saturated rings. The Kier molecular flexibility index (Phi) is 3.27. The Morgan fingerprint density at radius 3 is 3.00 bits per heavy atom. The van der Waals surface area contributed by atoms with Crippen LogP contribution in [0.3, 0.4) is 0 Å². The lowest BCUT2D eigenvalue weighted by atomic mass is 10.1. The summed E-state index contributed by atoms with van der Waals surface area (Å²) in [6.45, 7) is 4.32. The van der Waals surface area contributed by atoms with E-state index in [2.05, 4.69) is 11.1 Å². The van der Waals surface area contributed by atoms with Crippen LogP contribution in [0.15, 0.2) is 18.2 Å². The van der Waals surface area contributed by atoms with Crippen LogP contribution in [-0.4, -0.2) is 11.6 Å². The Hall–Kier alpha value is -1.56. The zero-order valence-corrected chi connectivity index (χ0v) is 7.82. The van der Waals surface area contributed by atoms with Crippen molar-refractivity contribution < 1.29 is 4.74 Å². The molecule has 0 spiro atoms. The first-order chi connectivity index (χ1) is 6.27. The molecule has 0 aliphatic carbocycles. The fourth-order valence-electron chi connectivity index (χ4n) is 0.966. The van der Waals surface area contributed by atoms with Crippen LogP contribution in [0.1, 0.15) is 25.5 Å². The number of aromatic nitrogens is 1. The summed E-state index contributed by atoms with van der Waals surface area (Å²) in [5.74, 6) is 0.405. The standard InChI is InChI=1S/C10H12N2O/c1-3-13-10-6-4-5-9(12-10)8(2)7-11/h4-6,8H,3H2,1-2H3. The van der Waals surface area contributed by atoms with E-state index in [4.69, 9.17) is 10.00 Å². The first kappa shape index (κ1) is 9.53. The third kappa shape index (κ3) is 2.45. The van der Waals surface area contributed by atoms with Gasteiger partial charge < -0.3 is 4.74 Å². The van der Waals surface area contributed by atoms with Crippen LogP contribution >= 0.6 is 0 Å². The topological polar surface area (TPSA) is 45.9 Å². The van der Waals surface area contributed by atoms with Gasteiger partial charge in [-0.1, -0.05) is 6.07 Å². The quantitative estimate of drug-likeness (QED) is 0.708. The van der Waals surface area contributed by atoms with Crippen LogP contribution in [0.5, 0.6) is 5.88 Å². The van der Waals surface area contributed by atoms with E-state index in [0.29, 0.717) is 12.5 Å². The second-order valence-electron chi connectivity index (χ2n) is 2.68. The molecular formula is C10H12N2O. The zero-order chi connectivity index (χ0) is 9.68. The molecule has 0 radical (unpaired) electrons. The number of ether oxygens (including phenoxy) is 1. The number of pyridine rings is 1. The Morgan fingerprint density at radius 2 is 2.38 bits per heavy atom. The van der Waals surface area contributed by atoms with E-state index in [1.54, 1.807) is 6.07 Å². The van der Waals surface area contributed by atoms with Crippen LogP contribution in [-0.2, 0) is 0 Å². The molecule has 0 aliphatic rings. The molecule has 0 bridgehead atoms. The van der Waals surface area contributed by atoms with Gasteiger partial charge in [-0.2, -0.15) is 5.26 Å². The number of rotatable bonds is 3. The van der Waals surface area contributed by atoms with Crippen molar-refractivity contribution in [2.24, 2.45) is 0 Å². The van der Waals surface area contributed by atoms with Gasteiger partial charge in [-0.15, -0.1) is 0 Å². The smallest absolute Gasteiger partial charge is 0.213 e. The highest BCUT2D eigenvalue weighted by Gasteiger charge is 2.05. The summed E-state index contributed by atoms with van der Waals surface area (Å²) in [6.07, 6.45) is 0. The minimum atomic E-state index is -0.180. The van der Waals surface area contributed by atoms with Crippen molar-refractivity contribution in [3.05, 3.63) is 23.9 Å². The van der Waals surface area contributed by atoms with Crippen LogP contribution < -0.4 is 4.74 Å². The van der Waals surface area contributed by atoms with Gasteiger partial charge in [0.25, 0.3) is 0 Å². The molecule has 0 N–H and O–H groups in total. The predicted molar refractivity (Wildman–Crippen MR) is 49.4 cm³/mol. The van der Waals surface area contributed by atoms with Gasteiger partial charge in [-0.05, 0) is 19.9 Å². The highest BCUT2D eigenvalue weighted by atomic mass is 16.5. The molecule has 3 nitrogen and oxygen atoms in total. The van der Waals surface area contributed by atoms with Gasteiger partial charge in [0, 0.05) is 6.07 Å². The van der Waals surface area contributed by atoms with Gasteiger partial charge >= 0.3 is 0 Å². The van der Waals surface area contributed by atoms with Crippen LogP contribution in [0.4, 0.5) is 0 Å². The molecule has 0 amide bonds. The molecule has 0 saturated carbocycles. The molecule has 13 heavy (non-hydrogen) atoms. The SMILES string of the molecule is CCOc1cccc(C(C)C#N)n1. The second-order valence-corrected chi connectivity index (χ2v) is 2.68. The summed E-state index contributed by atoms with van der Waals surface area (Å²) < 4.78 is 5.22. The summed E-state index contributed by atoms with van der Waals surface area (Å²) in [5, 5.41) is 8.68. The first-order valence-corrected chi connectivity index (χ1v) is 4.27. The van der Waals surface area contributed by atoms with Crippen molar-refractivity contribution in [2.45, 2.75) is 19.8 Å². The molecule has 1 rings (SSSR count). The molecule has 1 heterocycles. The van der Waals surface area contributed by atoms with Crippen LogP contribution in [0, 0.1) is 11.3 Å². The number of nitriles is 1. The second kappa shape index (κ2) is 4.46. The van der Waals surface area contributed by atoms with Gasteiger partial charge in [-0.25, -0.2) is 4.98 Å². The van der Waals surface area contributed by atoms with E-state index in [9.17, 15) is 0 Å². The molecule has 1 unspecified atom stereocenters. The highest BCUT2D eigenvalue weighted by molar-refractivity contribution is 5.21. The van der Waals surface area contributed by atoms with Gasteiger partial charge in [0.2, 0.25) is 5.88 Å². The van der Waals surface area contributed by atoms with Gasteiger partial charge in [-0.3, -0.25) is 0 Å². The van der Waals surface area contributed by atoms with Crippen LogP contribution in [0.2, 0.25) is 0 Å². The molecule has 1 aromatic rings. The van der Waals surface area contributed by atoms with Gasteiger partial charge in [0.05, 0.1) is 24.3 Å². The third-order valence-corrected chi connectivity index (χ3v) is 1.67. The Labute approximate surface area is 78.0 Å². The fourth-order valence-corrected chi connectivity index (χ4v) is 0.966. The van der Waals surface area contributed by atoms with E-state index in [1.807, 2.05) is 26.0 Å². The maximum Gasteiger partial charge on any atom is 0.213 e. The zero-order valence-electron chi connectivity index (χ0n) is 7.82. The maximum absolute atomic E-state index is 8.68. The molecule has 0 aliphatic heterocycles. The Bertz CT molecular complexity index is 317. The molecule has 0 aromatic carbocycles. The van der Waals surface area contributed by atoms with Crippen molar-refractivity contribution in [1.82, 2.24) is 4.98 Å². The van der Waals surface area contributed by atoms with E-state index in [1.165, 1.54) is 0 Å². The normalized spacial score (nSPS) is 11.8. The van der Waals surface area contributed by atoms with Crippen molar-refractivity contribution in [1.29, 1.82) is 5.26 Å². The fraction of sp³-hybridized carbons (Fsp3) is 0.400. The maximum atomic E-state index is 8.68. The summed E-state index contributed by atoms with van der Waals surface area (Å²) in [6, 6.07) is 7.60. The van der Waals surface area contributed by atoms with Crippen molar-refractivity contribution in [3.63, 3.8) is 0 Å². The minimum Gasteiger partial charge on any atom is -0.478 e. The van der Waals surface area contributed by atoms with E-state index >= 15 is 0 Å². The average Bonchev–Trinajstić information content (AvgIpc) is 2.18. The minimum absolute atomic E-state index is 0.180. The summed E-state index contributed by atoms with van der Waals surface area (Å²) in [5.41, 5.74) is 0.758. The first-order valence-electron chi connectivity index (χ1n) is 4.27. The lowest BCUT2D eigenvalue weighted by molar-refractivity contribution is 0.325. The summed E-state index contributed by atoms with van der Waals surface area (Å²) in [4.78, 5) is 4.19. The number of hydrogen-bond donors (Lipinski definition) is 0. The number of nitrogens with zero attached hydrogens (tertiary/aromatic N) is 2. The van der Waals surface area contributed by atoms with Crippen molar-refractivity contribution in [3.8, 4) is 11.9 Å². The van der Waals surface area contributed by atoms with Crippen LogP contribution in [0.25, 0.3) is 0 Å². The van der Waals surface area contributed by atoms with E-state index < -0.39 is 0 Å². The van der Waals surface area contributed by atoms with Gasteiger partial charge in [0.15, 0.2) is 0 Å². The summed E-state index contributed by atoms with van der Waals surface area (Å²) >= 11 is 0. The van der Waals surface area contributed by atoms with Crippen molar-refractivity contribution in [2.75, 3.05) is 6.61 Å². The molecule has 1 aromatic heterocycles. The molecule has 68 valence electrons. The molecule has 3 heteroatoms. The Balaban J connectivity index is 2.86. The molecular weight excluding hydrogens is 164 g/mol. The molecule has 0 saturated heterocycles. The van der Waals surface area contributed by atoms with Gasteiger partial charge in [0.1, 0.15) is 0 Å². The highest BCUT2D eigenvalue weighted by Crippen LogP contribution is 2.14. The van der Waals surface area contributed by atoms with E-state index in [-0.39, 0.29) is 5.92 Å². The predicted octanol–water partition coefficient (Wildman–Crippen LogP) is 2.11. The lowest BCUT2D eigenvalue weighted by Crippen LogP contribution is -1.98. The summed E-state index contributed by atoms with van der Waals surface area (Å²) in [7, 11) is 0. The Morgan fingerprint density at radius 1 is 1.62 bits per heavy atom. The monoisotopic (exact) mass is 176 g/mol. The largest absolute Gasteiger partial charge is 0.478 e. The molecule has 1 atom stereocenters.